The van der Waals surface area contributed by atoms with Gasteiger partial charge in [0.15, 0.2) is 0 Å². The monoisotopic (exact) mass is 535 g/mol. The summed E-state index contributed by atoms with van der Waals surface area (Å²) < 4.78 is 58.1. The fraction of sp³-hybridized carbons (Fsp3) is 0.281. The van der Waals surface area contributed by atoms with E-state index in [9.17, 15) is 18.7 Å². The zero-order valence-electron chi connectivity index (χ0n) is 21.7. The van der Waals surface area contributed by atoms with Crippen molar-refractivity contribution in [3.8, 4) is 0 Å². The van der Waals surface area contributed by atoms with Crippen molar-refractivity contribution in [1.29, 1.82) is 0 Å². The number of carboxylic acid groups (broad SMARTS) is 1. The standard InChI is InChI=1S/C32H29F4NO2/c1-19-12-24(34)7-9-25(19)27-5-2-4-22-16-23(32(38)39)6-8-26(22)30(27)31-28(35)14-20(15-29(31)36)13-21-17-37(18-21)11-3-10-33/h6-9,12-16H,2-5,10-11,17-18H2,1H3,(H,38,39). The Kier molecular flexibility index (Phi) is 7.71. The second kappa shape index (κ2) is 11.2. The van der Waals surface area contributed by atoms with Gasteiger partial charge >= 0.3 is 5.97 Å². The first kappa shape index (κ1) is 26.9. The van der Waals surface area contributed by atoms with Crippen LogP contribution in [0, 0.1) is 24.4 Å². The highest BCUT2D eigenvalue weighted by Gasteiger charge is 2.27. The van der Waals surface area contributed by atoms with Gasteiger partial charge in [-0.15, -0.1) is 0 Å². The molecule has 2 aliphatic rings. The van der Waals surface area contributed by atoms with Crippen molar-refractivity contribution < 1.29 is 27.5 Å². The number of aryl methyl sites for hydroxylation is 2. The van der Waals surface area contributed by atoms with Gasteiger partial charge in [0.05, 0.1) is 17.8 Å². The van der Waals surface area contributed by atoms with E-state index in [1.807, 2.05) is 0 Å². The van der Waals surface area contributed by atoms with Crippen LogP contribution in [0.5, 0.6) is 0 Å². The number of nitrogens with zero attached hydrogens (tertiary/aromatic N) is 1. The number of carboxylic acids is 1. The average molecular weight is 536 g/mol. The van der Waals surface area contributed by atoms with Crippen molar-refractivity contribution in [2.24, 2.45) is 0 Å². The molecule has 1 heterocycles. The Hall–Kier alpha value is -3.71. The van der Waals surface area contributed by atoms with Crippen LogP contribution in [0.4, 0.5) is 17.6 Å². The number of aromatic carboxylic acids is 1. The lowest BCUT2D eigenvalue weighted by atomic mass is 9.85. The molecule has 3 nitrogen and oxygen atoms in total. The largest absolute Gasteiger partial charge is 0.478 e. The predicted molar refractivity (Wildman–Crippen MR) is 145 cm³/mol. The zero-order chi connectivity index (χ0) is 27.7. The van der Waals surface area contributed by atoms with Crippen LogP contribution >= 0.6 is 0 Å². The van der Waals surface area contributed by atoms with E-state index in [1.54, 1.807) is 31.2 Å². The summed E-state index contributed by atoms with van der Waals surface area (Å²) in [6, 6.07) is 11.6. The molecule has 0 bridgehead atoms. The van der Waals surface area contributed by atoms with Gasteiger partial charge in [0.25, 0.3) is 0 Å². The quantitative estimate of drug-likeness (QED) is 0.319. The van der Waals surface area contributed by atoms with Gasteiger partial charge in [0.2, 0.25) is 0 Å². The Bertz CT molecular complexity index is 1480. The summed E-state index contributed by atoms with van der Waals surface area (Å²) in [6.45, 7) is 3.33. The third-order valence-electron chi connectivity index (χ3n) is 7.46. The Balaban J connectivity index is 1.64. The fourth-order valence-corrected chi connectivity index (χ4v) is 5.65. The molecule has 0 unspecified atom stereocenters. The summed E-state index contributed by atoms with van der Waals surface area (Å²) in [7, 11) is 0. The highest BCUT2D eigenvalue weighted by molar-refractivity contribution is 6.01. The molecule has 0 saturated carbocycles. The van der Waals surface area contributed by atoms with Crippen LogP contribution in [0.25, 0.3) is 17.2 Å². The van der Waals surface area contributed by atoms with Crippen LogP contribution in [-0.4, -0.2) is 42.3 Å². The highest BCUT2D eigenvalue weighted by Crippen LogP contribution is 2.43. The van der Waals surface area contributed by atoms with Gasteiger partial charge in [0, 0.05) is 19.6 Å². The number of rotatable bonds is 7. The Labute approximate surface area is 225 Å². The van der Waals surface area contributed by atoms with E-state index < -0.39 is 23.4 Å². The number of carbonyl (C=O) groups is 1. The van der Waals surface area contributed by atoms with E-state index in [2.05, 4.69) is 4.90 Å². The van der Waals surface area contributed by atoms with Gasteiger partial charge in [0.1, 0.15) is 17.5 Å². The summed E-state index contributed by atoms with van der Waals surface area (Å²) >= 11 is 0. The summed E-state index contributed by atoms with van der Waals surface area (Å²) in [4.78, 5) is 13.7. The van der Waals surface area contributed by atoms with Gasteiger partial charge in [-0.25, -0.2) is 18.0 Å². The second-order valence-corrected chi connectivity index (χ2v) is 10.3. The first-order chi connectivity index (χ1) is 18.7. The lowest BCUT2D eigenvalue weighted by Crippen LogP contribution is -2.40. The maximum atomic E-state index is 15.9. The minimum absolute atomic E-state index is 0.110. The Morgan fingerprint density at radius 1 is 0.974 bits per heavy atom. The molecule has 1 aliphatic heterocycles. The average Bonchev–Trinajstić information content (AvgIpc) is 3.04. The van der Waals surface area contributed by atoms with E-state index in [0.29, 0.717) is 84.3 Å². The smallest absolute Gasteiger partial charge is 0.335 e. The zero-order valence-corrected chi connectivity index (χ0v) is 21.7. The topological polar surface area (TPSA) is 40.5 Å². The Morgan fingerprint density at radius 2 is 1.69 bits per heavy atom. The molecule has 1 aliphatic carbocycles. The van der Waals surface area contributed by atoms with E-state index >= 15 is 8.78 Å². The second-order valence-electron chi connectivity index (χ2n) is 10.3. The third kappa shape index (κ3) is 5.55. The molecule has 0 aromatic heterocycles. The minimum atomic E-state index is -1.07. The summed E-state index contributed by atoms with van der Waals surface area (Å²) in [5, 5.41) is 9.51. The third-order valence-corrected chi connectivity index (χ3v) is 7.46. The predicted octanol–water partition coefficient (Wildman–Crippen LogP) is 7.46. The molecule has 3 aromatic rings. The summed E-state index contributed by atoms with van der Waals surface area (Å²) in [5.41, 5.74) is 5.04. The first-order valence-corrected chi connectivity index (χ1v) is 13.1. The van der Waals surface area contributed by atoms with Crippen LogP contribution in [0.15, 0.2) is 54.1 Å². The van der Waals surface area contributed by atoms with Gasteiger partial charge < -0.3 is 5.11 Å². The van der Waals surface area contributed by atoms with Crippen LogP contribution < -0.4 is 0 Å². The molecule has 1 N–H and O–H groups in total. The van der Waals surface area contributed by atoms with Crippen molar-refractivity contribution in [1.82, 2.24) is 4.90 Å². The van der Waals surface area contributed by atoms with Crippen molar-refractivity contribution in [3.63, 3.8) is 0 Å². The molecular weight excluding hydrogens is 506 g/mol. The van der Waals surface area contributed by atoms with E-state index in [-0.39, 0.29) is 17.8 Å². The van der Waals surface area contributed by atoms with Crippen LogP contribution in [0.3, 0.4) is 0 Å². The fourth-order valence-electron chi connectivity index (χ4n) is 5.65. The molecule has 0 amide bonds. The SMILES string of the molecule is Cc1cc(F)ccc1C1=C(c2c(F)cc(C=C3CN(CCCF)C3)cc2F)c2ccc(C(=O)O)cc2CCC1. The molecule has 3 aromatic carbocycles. The van der Waals surface area contributed by atoms with Gasteiger partial charge in [-0.05, 0) is 114 Å². The van der Waals surface area contributed by atoms with Gasteiger partial charge in [-0.1, -0.05) is 18.2 Å². The number of hydrogen-bond donors (Lipinski definition) is 1. The molecule has 0 atom stereocenters. The first-order valence-electron chi connectivity index (χ1n) is 13.1. The molecule has 202 valence electrons. The number of allylic oxidation sites excluding steroid dienone is 1. The Morgan fingerprint density at radius 3 is 2.36 bits per heavy atom. The van der Waals surface area contributed by atoms with Crippen molar-refractivity contribution in [2.75, 3.05) is 26.3 Å². The highest BCUT2D eigenvalue weighted by atomic mass is 19.1. The van der Waals surface area contributed by atoms with Crippen LogP contribution in [0.2, 0.25) is 0 Å². The minimum Gasteiger partial charge on any atom is -0.478 e. The van der Waals surface area contributed by atoms with E-state index in [1.165, 1.54) is 30.3 Å². The lowest BCUT2D eigenvalue weighted by Gasteiger charge is -2.33. The van der Waals surface area contributed by atoms with Crippen molar-refractivity contribution >= 4 is 23.2 Å². The molecule has 1 fully saturated rings. The summed E-state index contributed by atoms with van der Waals surface area (Å²) in [5.74, 6) is -2.92. The van der Waals surface area contributed by atoms with Crippen LogP contribution in [-0.2, 0) is 6.42 Å². The molecule has 39 heavy (non-hydrogen) atoms. The van der Waals surface area contributed by atoms with Crippen molar-refractivity contribution in [2.45, 2.75) is 32.6 Å². The number of fused-ring (bicyclic) bond motifs is 1. The molecule has 1 saturated heterocycles. The molecule has 0 radical (unpaired) electrons. The van der Waals surface area contributed by atoms with Gasteiger partial charge in [-0.3, -0.25) is 9.29 Å². The molecule has 5 rings (SSSR count). The van der Waals surface area contributed by atoms with E-state index in [0.717, 1.165) is 5.57 Å². The van der Waals surface area contributed by atoms with Crippen LogP contribution in [0.1, 0.15) is 63.0 Å². The molecule has 0 spiro atoms. The number of alkyl halides is 1. The van der Waals surface area contributed by atoms with Gasteiger partial charge in [-0.2, -0.15) is 0 Å². The summed E-state index contributed by atoms with van der Waals surface area (Å²) in [6.07, 6.45) is 3.89. The number of benzene rings is 3. The number of likely N-dealkylation sites (tertiary alicyclic amines) is 1. The lowest BCUT2D eigenvalue weighted by molar-refractivity contribution is 0.0696. The number of hydrogen-bond acceptors (Lipinski definition) is 2. The normalized spacial score (nSPS) is 15.6. The maximum Gasteiger partial charge on any atom is 0.335 e. The van der Waals surface area contributed by atoms with Crippen molar-refractivity contribution in [3.05, 3.63) is 110 Å². The molecular formula is C32H29F4NO2. The molecule has 7 heteroatoms. The van der Waals surface area contributed by atoms with E-state index in [4.69, 9.17) is 0 Å². The maximum absolute atomic E-state index is 15.9. The number of halogens is 4.